The summed E-state index contributed by atoms with van der Waals surface area (Å²) in [7, 11) is 3.00. The normalized spacial score (nSPS) is 14.1. The van der Waals surface area contributed by atoms with Gasteiger partial charge in [-0.3, -0.25) is 9.80 Å². The molecule has 0 spiro atoms. The van der Waals surface area contributed by atoms with Gasteiger partial charge in [0.15, 0.2) is 0 Å². The molecular formula is C22H22Cl2N6O4S. The van der Waals surface area contributed by atoms with E-state index in [1.807, 2.05) is 0 Å². The van der Waals surface area contributed by atoms with Crippen molar-refractivity contribution in [2.24, 2.45) is 0 Å². The number of fused-ring (bicyclic) bond motifs is 1. The number of ether oxygens (including phenoxy) is 2. The number of nitrogen functional groups attached to an aromatic ring is 2. The number of nitrogens with two attached hydrogens (primary N) is 2. The molecule has 0 radical (unpaired) electrons. The maximum Gasteiger partial charge on any atom is 0.344 e. The van der Waals surface area contributed by atoms with Crippen molar-refractivity contribution < 1.29 is 18.8 Å². The summed E-state index contributed by atoms with van der Waals surface area (Å²) in [5.74, 6) is 0.888. The van der Waals surface area contributed by atoms with Gasteiger partial charge >= 0.3 is 11.2 Å². The lowest BCUT2D eigenvalue weighted by Crippen LogP contribution is -2.46. The van der Waals surface area contributed by atoms with Crippen LogP contribution in [0.5, 0.6) is 11.5 Å². The number of urea groups is 1. The van der Waals surface area contributed by atoms with Crippen molar-refractivity contribution in [1.29, 1.82) is 0 Å². The SMILES string of the molecule is COc1cc(OCc2ccc(N)c(N)c2)c(Cl)c(N2Cc3cnc([S+](C)[O-])nc3N(C)C2=O)c1Cl. The number of aromatic nitrogens is 2. The molecule has 4 N–H and O–H groups in total. The Morgan fingerprint density at radius 3 is 2.54 bits per heavy atom. The van der Waals surface area contributed by atoms with Crippen LogP contribution in [-0.2, 0) is 24.3 Å². The van der Waals surface area contributed by atoms with E-state index in [0.29, 0.717) is 22.8 Å². The molecule has 2 heterocycles. The fraction of sp³-hybridized carbons (Fsp3) is 0.227. The lowest BCUT2D eigenvalue weighted by atomic mass is 10.1. The summed E-state index contributed by atoms with van der Waals surface area (Å²) in [5.41, 5.74) is 14.2. The number of halogens is 2. The lowest BCUT2D eigenvalue weighted by molar-refractivity contribution is 0.251. The minimum atomic E-state index is -1.40. The molecule has 0 saturated heterocycles. The predicted octanol–water partition coefficient (Wildman–Crippen LogP) is 3.85. The molecule has 4 rings (SSSR count). The number of methoxy groups -OCH3 is 1. The molecule has 0 aliphatic carbocycles. The van der Waals surface area contributed by atoms with Crippen LogP contribution in [0.3, 0.4) is 0 Å². The lowest BCUT2D eigenvalue weighted by Gasteiger charge is -2.35. The van der Waals surface area contributed by atoms with Crippen LogP contribution in [-0.4, -0.2) is 41.0 Å². The largest absolute Gasteiger partial charge is 0.609 e. The maximum atomic E-state index is 13.3. The zero-order valence-corrected chi connectivity index (χ0v) is 21.4. The van der Waals surface area contributed by atoms with Crippen LogP contribution in [0, 0.1) is 0 Å². The molecule has 0 fully saturated rings. The van der Waals surface area contributed by atoms with Crippen molar-refractivity contribution >= 4 is 63.3 Å². The van der Waals surface area contributed by atoms with E-state index in [9.17, 15) is 9.35 Å². The summed E-state index contributed by atoms with van der Waals surface area (Å²) in [6.45, 7) is 0.214. The third-order valence-electron chi connectivity index (χ3n) is 5.39. The van der Waals surface area contributed by atoms with Crippen LogP contribution >= 0.6 is 23.2 Å². The van der Waals surface area contributed by atoms with Gasteiger partial charge in [0.2, 0.25) is 0 Å². The van der Waals surface area contributed by atoms with E-state index in [2.05, 4.69) is 9.97 Å². The third-order valence-corrected chi connectivity index (χ3v) is 6.83. The van der Waals surface area contributed by atoms with E-state index in [4.69, 9.17) is 44.1 Å². The van der Waals surface area contributed by atoms with Gasteiger partial charge in [0.25, 0.3) is 0 Å². The highest BCUT2D eigenvalue weighted by molar-refractivity contribution is 7.90. The average molecular weight is 537 g/mol. The molecule has 2 amide bonds. The number of hydrogen-bond acceptors (Lipinski definition) is 8. The van der Waals surface area contributed by atoms with E-state index < -0.39 is 17.2 Å². The summed E-state index contributed by atoms with van der Waals surface area (Å²) in [5, 5.41) is 0.392. The predicted molar refractivity (Wildman–Crippen MR) is 137 cm³/mol. The van der Waals surface area contributed by atoms with Crippen molar-refractivity contribution in [3.63, 3.8) is 0 Å². The van der Waals surface area contributed by atoms with Crippen LogP contribution in [0.4, 0.5) is 27.7 Å². The maximum absolute atomic E-state index is 13.3. The Bertz CT molecular complexity index is 1310. The van der Waals surface area contributed by atoms with Gasteiger partial charge in [0.05, 0.1) is 30.7 Å². The fourth-order valence-electron chi connectivity index (χ4n) is 3.55. The first-order valence-corrected chi connectivity index (χ1v) is 12.5. The van der Waals surface area contributed by atoms with Crippen molar-refractivity contribution in [2.45, 2.75) is 18.3 Å². The molecule has 1 atom stereocenters. The van der Waals surface area contributed by atoms with Gasteiger partial charge in [-0.15, -0.1) is 0 Å². The number of nitrogens with zero attached hydrogens (tertiary/aromatic N) is 4. The molecule has 35 heavy (non-hydrogen) atoms. The van der Waals surface area contributed by atoms with Gasteiger partial charge < -0.3 is 25.5 Å². The van der Waals surface area contributed by atoms with Crippen LogP contribution < -0.4 is 30.7 Å². The van der Waals surface area contributed by atoms with E-state index >= 15 is 0 Å². The summed E-state index contributed by atoms with van der Waals surface area (Å²) in [6.07, 6.45) is 2.99. The number of anilines is 4. The molecular weight excluding hydrogens is 515 g/mol. The van der Waals surface area contributed by atoms with Crippen LogP contribution in [0.1, 0.15) is 11.1 Å². The van der Waals surface area contributed by atoms with Crippen molar-refractivity contribution in [3.05, 3.63) is 51.6 Å². The Balaban J connectivity index is 1.72. The second-order valence-corrected chi connectivity index (χ2v) is 9.72. The van der Waals surface area contributed by atoms with Crippen LogP contribution in [0.15, 0.2) is 35.6 Å². The Hall–Kier alpha value is -3.12. The van der Waals surface area contributed by atoms with Crippen LogP contribution in [0.25, 0.3) is 0 Å². The Morgan fingerprint density at radius 2 is 1.89 bits per heavy atom. The Kier molecular flexibility index (Phi) is 7.04. The summed E-state index contributed by atoms with van der Waals surface area (Å²) in [4.78, 5) is 24.4. The summed E-state index contributed by atoms with van der Waals surface area (Å²) in [6, 6.07) is 6.27. The number of benzene rings is 2. The number of rotatable bonds is 6. The van der Waals surface area contributed by atoms with Gasteiger partial charge in [-0.05, 0) is 17.7 Å². The number of hydrogen-bond donors (Lipinski definition) is 2. The van der Waals surface area contributed by atoms with Gasteiger partial charge in [0, 0.05) is 36.1 Å². The molecule has 2 aromatic carbocycles. The van der Waals surface area contributed by atoms with Crippen LogP contribution in [0.2, 0.25) is 10.0 Å². The quantitative estimate of drug-likeness (QED) is 0.274. The number of amides is 2. The van der Waals surface area contributed by atoms with Crippen molar-refractivity contribution in [1.82, 2.24) is 9.97 Å². The molecule has 13 heteroatoms. The smallest absolute Gasteiger partial charge is 0.344 e. The standard InChI is InChI=1S/C22H22Cl2N6O4S/c1-29-20-12(8-27-21(28-20)35(3)32)9-30(22(29)31)19-17(23)15(33-2)7-16(18(19)24)34-10-11-4-5-13(25)14(26)6-11/h4-8H,9-10,25-26H2,1-3H3. The minimum absolute atomic E-state index is 0.0790. The monoisotopic (exact) mass is 536 g/mol. The van der Waals surface area contributed by atoms with Crippen molar-refractivity contribution in [2.75, 3.05) is 41.7 Å². The first-order chi connectivity index (χ1) is 16.6. The van der Waals surface area contributed by atoms with Crippen molar-refractivity contribution in [3.8, 4) is 11.5 Å². The molecule has 0 saturated carbocycles. The van der Waals surface area contributed by atoms with E-state index in [1.54, 1.807) is 31.3 Å². The Labute approximate surface area is 214 Å². The summed E-state index contributed by atoms with van der Waals surface area (Å²) < 4.78 is 23.2. The highest BCUT2D eigenvalue weighted by Crippen LogP contribution is 2.48. The average Bonchev–Trinajstić information content (AvgIpc) is 2.83. The van der Waals surface area contributed by atoms with Gasteiger partial charge in [-0.1, -0.05) is 29.3 Å². The molecule has 1 aliphatic rings. The van der Waals surface area contributed by atoms with E-state index in [0.717, 1.165) is 5.56 Å². The first-order valence-electron chi connectivity index (χ1n) is 10.2. The third kappa shape index (κ3) is 4.72. The molecule has 10 nitrogen and oxygen atoms in total. The highest BCUT2D eigenvalue weighted by Gasteiger charge is 2.35. The molecule has 3 aromatic rings. The molecule has 1 aliphatic heterocycles. The van der Waals surface area contributed by atoms with Gasteiger partial charge in [-0.25, -0.2) is 4.79 Å². The number of carbonyl (C=O) groups excluding carboxylic acids is 1. The number of carbonyl (C=O) groups is 1. The Morgan fingerprint density at radius 1 is 1.17 bits per heavy atom. The topological polar surface area (TPSA) is 143 Å². The zero-order valence-electron chi connectivity index (χ0n) is 19.0. The van der Waals surface area contributed by atoms with Gasteiger partial charge in [0.1, 0.15) is 40.2 Å². The first kappa shape index (κ1) is 25.0. The zero-order chi connectivity index (χ0) is 25.4. The minimum Gasteiger partial charge on any atom is -0.609 e. The summed E-state index contributed by atoms with van der Waals surface area (Å²) >= 11 is 11.9. The van der Waals surface area contributed by atoms with E-state index in [-0.39, 0.29) is 45.5 Å². The molecule has 1 aromatic heterocycles. The highest BCUT2D eigenvalue weighted by atomic mass is 35.5. The molecule has 184 valence electrons. The fourth-order valence-corrected chi connectivity index (χ4v) is 4.65. The second kappa shape index (κ2) is 9.86. The second-order valence-electron chi connectivity index (χ2n) is 7.69. The van der Waals surface area contributed by atoms with Gasteiger partial charge in [-0.2, -0.15) is 9.97 Å². The molecule has 0 bridgehead atoms. The molecule has 1 unspecified atom stereocenters. The van der Waals surface area contributed by atoms with E-state index in [1.165, 1.54) is 29.4 Å².